The molecule has 3 aromatic carbocycles. The summed E-state index contributed by atoms with van der Waals surface area (Å²) in [5.41, 5.74) is 3.84. The molecule has 0 saturated heterocycles. The van der Waals surface area contributed by atoms with E-state index in [0.717, 1.165) is 16.3 Å². The molecule has 0 spiro atoms. The van der Waals surface area contributed by atoms with Crippen LogP contribution in [0.5, 0.6) is 5.75 Å². The minimum atomic E-state index is -0.263. The van der Waals surface area contributed by atoms with Crippen molar-refractivity contribution in [2.45, 2.75) is 0 Å². The minimum Gasteiger partial charge on any atom is -0.508 e. The van der Waals surface area contributed by atoms with Crippen LogP contribution in [-0.2, 0) is 0 Å². The average molecular weight is 290 g/mol. The maximum Gasteiger partial charge on any atom is 0.271 e. The van der Waals surface area contributed by atoms with E-state index >= 15 is 0 Å². The highest BCUT2D eigenvalue weighted by Gasteiger charge is 2.04. The molecule has 0 fully saturated rings. The first-order valence-electron chi connectivity index (χ1n) is 6.83. The van der Waals surface area contributed by atoms with Gasteiger partial charge in [-0.25, -0.2) is 5.43 Å². The molecule has 108 valence electrons. The highest BCUT2D eigenvalue weighted by Crippen LogP contribution is 2.15. The van der Waals surface area contributed by atoms with Crippen molar-refractivity contribution in [1.82, 2.24) is 5.43 Å². The molecule has 1 amide bonds. The zero-order valence-corrected chi connectivity index (χ0v) is 11.7. The lowest BCUT2D eigenvalue weighted by Crippen LogP contribution is -2.17. The van der Waals surface area contributed by atoms with Crippen LogP contribution in [0.1, 0.15) is 15.9 Å². The number of hydrazone groups is 1. The standard InChI is InChI=1S/C18H14N2O2/c21-17-9-5-13(6-10-17)12-19-20-18(22)16-8-7-14-3-1-2-4-15(14)11-16/h1-12,21H,(H,20,22). The van der Waals surface area contributed by atoms with E-state index in [1.54, 1.807) is 30.3 Å². The van der Waals surface area contributed by atoms with E-state index in [0.29, 0.717) is 5.56 Å². The van der Waals surface area contributed by atoms with Gasteiger partial charge in [-0.3, -0.25) is 4.79 Å². The van der Waals surface area contributed by atoms with Gasteiger partial charge >= 0.3 is 0 Å². The molecule has 0 aliphatic rings. The summed E-state index contributed by atoms with van der Waals surface area (Å²) >= 11 is 0. The summed E-state index contributed by atoms with van der Waals surface area (Å²) < 4.78 is 0. The molecular weight excluding hydrogens is 276 g/mol. The highest BCUT2D eigenvalue weighted by molar-refractivity contribution is 5.98. The van der Waals surface area contributed by atoms with Crippen LogP contribution in [0.25, 0.3) is 10.8 Å². The molecule has 0 heterocycles. The number of rotatable bonds is 3. The van der Waals surface area contributed by atoms with Gasteiger partial charge in [-0.15, -0.1) is 0 Å². The highest BCUT2D eigenvalue weighted by atomic mass is 16.3. The van der Waals surface area contributed by atoms with E-state index in [9.17, 15) is 9.90 Å². The molecule has 4 heteroatoms. The van der Waals surface area contributed by atoms with Crippen LogP contribution in [-0.4, -0.2) is 17.2 Å². The minimum absolute atomic E-state index is 0.192. The van der Waals surface area contributed by atoms with Crippen LogP contribution in [0.4, 0.5) is 0 Å². The first-order valence-corrected chi connectivity index (χ1v) is 6.83. The van der Waals surface area contributed by atoms with Crippen LogP contribution in [0.2, 0.25) is 0 Å². The molecule has 3 aromatic rings. The Labute approximate surface area is 127 Å². The summed E-state index contributed by atoms with van der Waals surface area (Å²) in [4.78, 5) is 12.1. The lowest BCUT2D eigenvalue weighted by atomic mass is 10.1. The van der Waals surface area contributed by atoms with Gasteiger partial charge in [0.15, 0.2) is 0 Å². The third-order valence-corrected chi connectivity index (χ3v) is 3.28. The zero-order chi connectivity index (χ0) is 15.4. The van der Waals surface area contributed by atoms with Crippen molar-refractivity contribution in [3.63, 3.8) is 0 Å². The van der Waals surface area contributed by atoms with Crippen molar-refractivity contribution in [3.05, 3.63) is 77.9 Å². The summed E-state index contributed by atoms with van der Waals surface area (Å²) in [6.07, 6.45) is 1.53. The summed E-state index contributed by atoms with van der Waals surface area (Å²) in [6.45, 7) is 0. The average Bonchev–Trinajstić information content (AvgIpc) is 2.56. The fourth-order valence-corrected chi connectivity index (χ4v) is 2.12. The number of aromatic hydroxyl groups is 1. The number of hydrogen-bond acceptors (Lipinski definition) is 3. The molecule has 0 atom stereocenters. The van der Waals surface area contributed by atoms with E-state index in [1.807, 2.05) is 36.4 Å². The smallest absolute Gasteiger partial charge is 0.271 e. The Morgan fingerprint density at radius 3 is 2.45 bits per heavy atom. The first kappa shape index (κ1) is 13.8. The molecule has 0 aliphatic heterocycles. The Morgan fingerprint density at radius 1 is 0.955 bits per heavy atom. The van der Waals surface area contributed by atoms with Gasteiger partial charge in [-0.1, -0.05) is 30.3 Å². The molecule has 0 saturated carbocycles. The molecule has 0 bridgehead atoms. The van der Waals surface area contributed by atoms with Gasteiger partial charge in [-0.2, -0.15) is 5.10 Å². The molecule has 22 heavy (non-hydrogen) atoms. The van der Waals surface area contributed by atoms with Gasteiger partial charge in [0.25, 0.3) is 5.91 Å². The molecule has 4 nitrogen and oxygen atoms in total. The maximum atomic E-state index is 12.1. The van der Waals surface area contributed by atoms with E-state index < -0.39 is 0 Å². The van der Waals surface area contributed by atoms with E-state index in [1.165, 1.54) is 6.21 Å². The van der Waals surface area contributed by atoms with Gasteiger partial charge in [0.1, 0.15) is 5.75 Å². The molecule has 0 aliphatic carbocycles. The largest absolute Gasteiger partial charge is 0.508 e. The third kappa shape index (κ3) is 3.12. The second-order valence-electron chi connectivity index (χ2n) is 4.85. The fraction of sp³-hybridized carbons (Fsp3) is 0. The quantitative estimate of drug-likeness (QED) is 0.574. The van der Waals surface area contributed by atoms with Gasteiger partial charge in [-0.05, 0) is 52.7 Å². The van der Waals surface area contributed by atoms with Crippen LogP contribution in [0, 0.1) is 0 Å². The molecule has 0 radical (unpaired) electrons. The predicted molar refractivity (Wildman–Crippen MR) is 87.1 cm³/mol. The summed E-state index contributed by atoms with van der Waals surface area (Å²) in [5.74, 6) is -0.0712. The number of phenolic OH excluding ortho intramolecular Hbond substituents is 1. The zero-order valence-electron chi connectivity index (χ0n) is 11.7. The number of benzene rings is 3. The van der Waals surface area contributed by atoms with E-state index in [4.69, 9.17) is 0 Å². The number of hydrogen-bond donors (Lipinski definition) is 2. The number of phenols is 1. The third-order valence-electron chi connectivity index (χ3n) is 3.28. The van der Waals surface area contributed by atoms with Gasteiger partial charge in [0.05, 0.1) is 6.21 Å². The topological polar surface area (TPSA) is 61.7 Å². The molecule has 3 rings (SSSR count). The summed E-state index contributed by atoms with van der Waals surface area (Å²) in [7, 11) is 0. The van der Waals surface area contributed by atoms with Crippen molar-refractivity contribution in [3.8, 4) is 5.75 Å². The second kappa shape index (κ2) is 6.10. The van der Waals surface area contributed by atoms with Crippen molar-refractivity contribution in [2.24, 2.45) is 5.10 Å². The number of nitrogens with zero attached hydrogens (tertiary/aromatic N) is 1. The summed E-state index contributed by atoms with van der Waals surface area (Å²) in [6, 6.07) is 19.9. The lowest BCUT2D eigenvalue weighted by Gasteiger charge is -2.02. The van der Waals surface area contributed by atoms with E-state index in [2.05, 4.69) is 10.5 Å². The number of nitrogens with one attached hydrogen (secondary N) is 1. The number of amides is 1. The summed E-state index contributed by atoms with van der Waals surface area (Å²) in [5, 5.41) is 15.2. The van der Waals surface area contributed by atoms with Gasteiger partial charge in [0.2, 0.25) is 0 Å². The Balaban J connectivity index is 1.71. The van der Waals surface area contributed by atoms with E-state index in [-0.39, 0.29) is 11.7 Å². The molecule has 2 N–H and O–H groups in total. The van der Waals surface area contributed by atoms with Crippen molar-refractivity contribution in [2.75, 3.05) is 0 Å². The molecule has 0 unspecified atom stereocenters. The second-order valence-corrected chi connectivity index (χ2v) is 4.85. The van der Waals surface area contributed by atoms with Crippen LogP contribution < -0.4 is 5.43 Å². The molecule has 0 aromatic heterocycles. The number of carbonyl (C=O) groups excluding carboxylic acids is 1. The number of carbonyl (C=O) groups is 1. The first-order chi connectivity index (χ1) is 10.7. The van der Waals surface area contributed by atoms with Gasteiger partial charge in [0, 0.05) is 5.56 Å². The monoisotopic (exact) mass is 290 g/mol. The van der Waals surface area contributed by atoms with Crippen LogP contribution >= 0.6 is 0 Å². The fourth-order valence-electron chi connectivity index (χ4n) is 2.12. The predicted octanol–water partition coefficient (Wildman–Crippen LogP) is 3.31. The Bertz CT molecular complexity index is 839. The Hall–Kier alpha value is -3.14. The maximum absolute atomic E-state index is 12.1. The SMILES string of the molecule is O=C(NN=Cc1ccc(O)cc1)c1ccc2ccccc2c1. The van der Waals surface area contributed by atoms with Crippen LogP contribution in [0.3, 0.4) is 0 Å². The molecular formula is C18H14N2O2. The number of fused-ring (bicyclic) bond motifs is 1. The van der Waals surface area contributed by atoms with Gasteiger partial charge < -0.3 is 5.11 Å². The Morgan fingerprint density at radius 2 is 1.68 bits per heavy atom. The van der Waals surface area contributed by atoms with Crippen molar-refractivity contribution in [1.29, 1.82) is 0 Å². The Kier molecular flexibility index (Phi) is 3.83. The van der Waals surface area contributed by atoms with Crippen molar-refractivity contribution >= 4 is 22.9 Å². The van der Waals surface area contributed by atoms with Crippen LogP contribution in [0.15, 0.2) is 71.8 Å². The lowest BCUT2D eigenvalue weighted by molar-refractivity contribution is 0.0955. The van der Waals surface area contributed by atoms with Crippen molar-refractivity contribution < 1.29 is 9.90 Å². The normalized spacial score (nSPS) is 10.9.